The predicted octanol–water partition coefficient (Wildman–Crippen LogP) is 28.5. The molecule has 0 amide bonds. The van der Waals surface area contributed by atoms with Crippen molar-refractivity contribution in [1.82, 2.24) is 39.5 Å². The molecule has 0 bridgehead atoms. The Morgan fingerprint density at radius 3 is 0.935 bits per heavy atom. The van der Waals surface area contributed by atoms with Gasteiger partial charge in [0.2, 0.25) is 0 Å². The van der Waals surface area contributed by atoms with Crippen LogP contribution < -0.4 is 19.7 Å². The van der Waals surface area contributed by atoms with Gasteiger partial charge in [0.25, 0.3) is 6.33 Å². The fourth-order valence-electron chi connectivity index (χ4n) is 23.3. The van der Waals surface area contributed by atoms with Crippen LogP contribution in [0.25, 0.3) is 203 Å². The quantitative estimate of drug-likeness (QED) is 0.0583. The van der Waals surface area contributed by atoms with E-state index in [0.29, 0.717) is 11.5 Å². The molecule has 28 rings (SSSR count). The van der Waals surface area contributed by atoms with Crippen molar-refractivity contribution in [2.75, 3.05) is 0 Å². The molecule has 19 aromatic carbocycles. The Balaban J connectivity index is 0.00000961. The van der Waals surface area contributed by atoms with Gasteiger partial charge in [0.05, 0.1) is 16.7 Å². The third-order valence-electron chi connectivity index (χ3n) is 28.9. The van der Waals surface area contributed by atoms with Crippen molar-refractivity contribution < 1.29 is 30.4 Å². The topological polar surface area (TPSA) is 65.4 Å². The fraction of sp³-hybridized carbons (Fsp3) is 0.0323. The molecule has 0 radical (unpaired) electrons. The van der Waals surface area contributed by atoms with Gasteiger partial charge in [0, 0.05) is 185 Å². The molecule has 11 nitrogen and oxygen atoms in total. The minimum absolute atomic E-state index is 0. The number of para-hydroxylation sites is 16. The maximum Gasteiger partial charge on any atom is 0.428 e. The third-order valence-corrected chi connectivity index (χ3v) is 37.7. The summed E-state index contributed by atoms with van der Waals surface area (Å²) >= 11 is 0. The first-order chi connectivity index (χ1) is 67.6. The van der Waals surface area contributed by atoms with E-state index in [1.54, 1.807) is 0 Å². The zero-order valence-electron chi connectivity index (χ0n) is 75.5. The maximum absolute atomic E-state index is 7.11. The summed E-state index contributed by atoms with van der Waals surface area (Å²) in [5, 5.41) is 18.7. The molecule has 0 aliphatic carbocycles. The molecule has 9 aromatic heterocycles. The first-order valence-corrected chi connectivity index (χ1v) is 50.7. The van der Waals surface area contributed by atoms with Gasteiger partial charge in [-0.1, -0.05) is 354 Å². The van der Waals surface area contributed by atoms with Gasteiger partial charge >= 0.3 is 17.1 Å². The Hall–Kier alpha value is -16.7. The van der Waals surface area contributed by atoms with Gasteiger partial charge in [0.1, 0.15) is 5.82 Å². The fourth-order valence-corrected chi connectivity index (χ4v) is 33.8. The number of fused-ring (bicyclic) bond motifs is 22. The number of imidazole rings is 1. The van der Waals surface area contributed by atoms with Crippen molar-refractivity contribution in [2.24, 2.45) is 0 Å². The van der Waals surface area contributed by atoms with E-state index in [1.807, 2.05) is 18.3 Å². The molecule has 0 atom stereocenters. The molecule has 14 heteroatoms. The second kappa shape index (κ2) is 31.2. The van der Waals surface area contributed by atoms with Crippen LogP contribution in [0.3, 0.4) is 0 Å². The zero-order chi connectivity index (χ0) is 90.5. The average Bonchev–Trinajstić information content (AvgIpc) is 1.50. The molecule has 138 heavy (non-hydrogen) atoms. The number of nitrogens with zero attached hydrogens (tertiary/aromatic N) is 10. The number of hydrogen-bond acceptors (Lipinski definition) is 2. The van der Waals surface area contributed by atoms with E-state index in [0.717, 1.165) is 149 Å². The van der Waals surface area contributed by atoms with E-state index in [2.05, 4.69) is 515 Å². The van der Waals surface area contributed by atoms with Gasteiger partial charge in [-0.15, -0.1) is 29.7 Å². The Labute approximate surface area is 811 Å². The summed E-state index contributed by atoms with van der Waals surface area (Å²) in [5.74, 6) is 1.88. The van der Waals surface area contributed by atoms with Crippen LogP contribution in [0.4, 0.5) is 0 Å². The molecule has 9 heterocycles. The zero-order valence-corrected chi connectivity index (χ0v) is 79.8. The maximum atomic E-state index is 7.11. The first-order valence-electron chi connectivity index (χ1n) is 47.0. The minimum atomic E-state index is -4.15. The molecule has 0 aliphatic rings. The van der Waals surface area contributed by atoms with Crippen molar-refractivity contribution in [3.63, 3.8) is 0 Å². The van der Waals surface area contributed by atoms with Crippen molar-refractivity contribution >= 4 is 191 Å². The summed E-state index contributed by atoms with van der Waals surface area (Å²) in [6.07, 6.45) is 6.12. The van der Waals surface area contributed by atoms with Gasteiger partial charge in [0.15, 0.2) is 0 Å². The average molecular weight is 1980 g/mol. The largest absolute Gasteiger partial charge is 0.510 e. The van der Waals surface area contributed by atoms with Crippen LogP contribution in [0, 0.1) is 18.5 Å². The molecule has 0 N–H and O–H groups in total. The van der Waals surface area contributed by atoms with E-state index in [4.69, 9.17) is 9.72 Å². The first kappa shape index (κ1) is 80.9. The van der Waals surface area contributed by atoms with Gasteiger partial charge in [-0.3, -0.25) is 4.57 Å². The Kier molecular flexibility index (Phi) is 18.3. The molecular formula is C124H84N10OPtSi2-2. The number of hydrogen-bond donors (Lipinski definition) is 0. The molecule has 28 aromatic rings. The summed E-state index contributed by atoms with van der Waals surface area (Å²) in [4.78, 5) is 5.03. The van der Waals surface area contributed by atoms with Gasteiger partial charge in [-0.25, -0.2) is 4.98 Å². The van der Waals surface area contributed by atoms with Crippen molar-refractivity contribution in [2.45, 2.75) is 26.2 Å². The second-order valence-electron chi connectivity index (χ2n) is 37.2. The summed E-state index contributed by atoms with van der Waals surface area (Å²) in [6.45, 7) is 6.73. The van der Waals surface area contributed by atoms with Crippen LogP contribution in [0.2, 0.25) is 0 Å². The summed E-state index contributed by atoms with van der Waals surface area (Å²) < 4.78 is 30.7. The summed E-state index contributed by atoms with van der Waals surface area (Å²) in [6, 6.07) is 176. The molecule has 0 fully saturated rings. The molecule has 0 saturated carbocycles. The smallest absolute Gasteiger partial charge is 0.428 e. The van der Waals surface area contributed by atoms with Crippen LogP contribution in [-0.4, -0.2) is 56.6 Å². The third kappa shape index (κ3) is 11.7. The number of benzene rings is 19. The number of rotatable bonds is 15. The van der Waals surface area contributed by atoms with E-state index in [1.165, 1.54) is 70.2 Å². The number of aromatic nitrogens is 10. The van der Waals surface area contributed by atoms with E-state index >= 15 is 0 Å². The summed E-state index contributed by atoms with van der Waals surface area (Å²) in [5.41, 5.74) is 24.2. The molecule has 656 valence electrons. The van der Waals surface area contributed by atoms with Crippen molar-refractivity contribution in [3.8, 4) is 50.9 Å². The van der Waals surface area contributed by atoms with Crippen molar-refractivity contribution in [1.29, 1.82) is 0 Å². The molecule has 0 saturated heterocycles. The Morgan fingerprint density at radius 1 is 0.275 bits per heavy atom. The standard InChI is InChI=1S/C124H84N10OSi2.Pt/c1-124(2,3)84-74-75-125-122(78-84)128-106-57-17-4-42-92(106)105-73-72-87(80-121(105)128)135-86-39-34-38-85(79-86)126-81-127(120-71-31-30-70-119(120)126)123-90(82-36-32-40-88(76-82)136(129-107-58-18-5-43-93(107)94-44-6-19-59-108(94)129,130-109-60-20-7-45-95(109)96-46-8-21-61-110(96)130)131-111-62-22-9-47-97(111)98-48-10-23-63-112(98)131)55-35-56-91(123)83-37-33-41-89(77-83)137(132-113-64-24-11-49-99(113)100-50-12-25-65-114(100)132,133-115-66-26-13-51-101(115)102-52-14-27-67-116(102)133)134-117-68-28-15-53-103(117)104-54-16-29-69-118(104)134;/h4-78H,1-3H3;/q-2;. The number of pyridine rings is 1. The van der Waals surface area contributed by atoms with Crippen LogP contribution >= 0.6 is 0 Å². The minimum Gasteiger partial charge on any atom is -0.510 e. The SMILES string of the molecule is CC(C)(C)c1ccnc(-n2c3[c-]c(Oc4[c-]c(-n5[c-][n+](-c6c(-c7cccc([Si](n8c9ccccc9c9ccccc98)(n8c9ccccc9c9ccccc98)n8c9ccccc9c9ccccc98)c7)cccc6-c6cccc([Si](n7c8ccccc8c8ccccc87)(n7c8ccccc8c8ccccc87)n7c8ccccc8c8ccccc87)c6)c6ccccc65)ccc4)ccc3c3ccccc32)c1.[Pt]. The molecule has 0 aliphatic heterocycles. The van der Waals surface area contributed by atoms with Crippen molar-refractivity contribution in [3.05, 3.63) is 479 Å². The molecular weight excluding hydrogens is 1900 g/mol. The molecule has 0 unspecified atom stereocenters. The van der Waals surface area contributed by atoms with Crippen LogP contribution in [0.1, 0.15) is 26.3 Å². The van der Waals surface area contributed by atoms with Gasteiger partial charge in [-0.2, -0.15) is 18.2 Å². The van der Waals surface area contributed by atoms with E-state index in [9.17, 15) is 0 Å². The van der Waals surface area contributed by atoms with Crippen LogP contribution in [-0.2, 0) is 26.5 Å². The van der Waals surface area contributed by atoms with Crippen LogP contribution in [0.5, 0.6) is 11.5 Å². The van der Waals surface area contributed by atoms with E-state index in [-0.39, 0.29) is 26.5 Å². The van der Waals surface area contributed by atoms with Crippen LogP contribution in [0.15, 0.2) is 455 Å². The summed E-state index contributed by atoms with van der Waals surface area (Å²) in [7, 11) is -8.31. The van der Waals surface area contributed by atoms with E-state index < -0.39 is 17.1 Å². The Bertz CT molecular complexity index is 8640. The Morgan fingerprint density at radius 2 is 0.580 bits per heavy atom. The second-order valence-corrected chi connectivity index (χ2v) is 43.6. The predicted molar refractivity (Wildman–Crippen MR) is 569 cm³/mol. The number of ether oxygens (including phenoxy) is 1. The monoisotopic (exact) mass is 1980 g/mol. The van der Waals surface area contributed by atoms with Gasteiger partial charge in [-0.05, 0) is 135 Å². The van der Waals surface area contributed by atoms with Gasteiger partial charge < -0.3 is 39.3 Å². The normalized spacial score (nSPS) is 12.4. The molecule has 0 spiro atoms.